The van der Waals surface area contributed by atoms with Crippen LogP contribution in [0.1, 0.15) is 124 Å². The van der Waals surface area contributed by atoms with Gasteiger partial charge in [-0.15, -0.1) is 0 Å². The SMILES string of the molecule is C.CCCCCCCCCCCCCCCCCC.NC(O)=S.NC(O)=S.[KH]. The third kappa shape index (κ3) is 71.3. The van der Waals surface area contributed by atoms with Crippen molar-refractivity contribution >= 4 is 86.2 Å². The van der Waals surface area contributed by atoms with Gasteiger partial charge in [0.05, 0.1) is 0 Å². The van der Waals surface area contributed by atoms with Crippen LogP contribution < -0.4 is 11.5 Å². The van der Waals surface area contributed by atoms with Crippen LogP contribution in [0.15, 0.2) is 0 Å². The molecule has 0 heterocycles. The van der Waals surface area contributed by atoms with Gasteiger partial charge < -0.3 is 21.7 Å². The Hall–Kier alpha value is 1.02. The van der Waals surface area contributed by atoms with E-state index in [1.807, 2.05) is 0 Å². The molecule has 0 aromatic carbocycles. The molecule has 0 radical (unpaired) electrons. The zero-order valence-corrected chi connectivity index (χ0v) is 18.8. The average Bonchev–Trinajstić information content (AvgIpc) is 2.54. The van der Waals surface area contributed by atoms with Gasteiger partial charge in [-0.1, -0.05) is 124 Å². The summed E-state index contributed by atoms with van der Waals surface area (Å²) in [6, 6.07) is 0. The molecule has 0 aliphatic carbocycles. The molecule has 0 aliphatic heterocycles. The van der Waals surface area contributed by atoms with E-state index in [2.05, 4.69) is 49.8 Å². The topological polar surface area (TPSA) is 92.5 Å². The van der Waals surface area contributed by atoms with Crippen LogP contribution in [-0.4, -0.2) is 71.9 Å². The van der Waals surface area contributed by atoms with Gasteiger partial charge in [0.15, 0.2) is 0 Å². The summed E-state index contributed by atoms with van der Waals surface area (Å²) in [6.07, 6.45) is 23.4. The van der Waals surface area contributed by atoms with Gasteiger partial charge in [0.1, 0.15) is 0 Å². The maximum atomic E-state index is 7.56. The molecule has 6 N–H and O–H groups in total. The van der Waals surface area contributed by atoms with Gasteiger partial charge in [-0.3, -0.25) is 0 Å². The average molecular weight is 465 g/mol. The Morgan fingerprint density at radius 3 is 0.750 bits per heavy atom. The van der Waals surface area contributed by atoms with Gasteiger partial charge in [0.25, 0.3) is 10.3 Å². The van der Waals surface area contributed by atoms with Crippen molar-refractivity contribution in [3.8, 4) is 0 Å². The first-order valence-electron chi connectivity index (χ1n) is 10.3. The summed E-state index contributed by atoms with van der Waals surface area (Å²) in [4.78, 5) is 0. The Kier molecular flexibility index (Phi) is 54.4. The summed E-state index contributed by atoms with van der Waals surface area (Å²) in [5.41, 5.74) is 8.80. The van der Waals surface area contributed by atoms with Crippen molar-refractivity contribution in [2.45, 2.75) is 124 Å². The van der Waals surface area contributed by atoms with Crippen molar-refractivity contribution in [3.05, 3.63) is 0 Å². The fourth-order valence-corrected chi connectivity index (χ4v) is 2.62. The molecule has 0 atom stereocenters. The number of hydrogen-bond acceptors (Lipinski definition) is 2. The van der Waals surface area contributed by atoms with Gasteiger partial charge in [-0.25, -0.2) is 0 Å². The Balaban J connectivity index is -0.000000149. The Morgan fingerprint density at radius 1 is 0.536 bits per heavy atom. The molecule has 0 saturated heterocycles. The molecule has 0 spiro atoms. The van der Waals surface area contributed by atoms with Crippen molar-refractivity contribution < 1.29 is 10.2 Å². The first-order chi connectivity index (χ1) is 12.4. The van der Waals surface area contributed by atoms with Gasteiger partial charge in [-0.05, 0) is 24.4 Å². The zero-order chi connectivity index (χ0) is 20.5. The Labute approximate surface area is 229 Å². The molecule has 0 saturated carbocycles. The van der Waals surface area contributed by atoms with E-state index in [1.165, 1.54) is 103 Å². The van der Waals surface area contributed by atoms with Crippen molar-refractivity contribution in [1.29, 1.82) is 0 Å². The molecule has 0 aromatic heterocycles. The van der Waals surface area contributed by atoms with Crippen molar-refractivity contribution in [1.82, 2.24) is 0 Å². The van der Waals surface area contributed by atoms with Gasteiger partial charge >= 0.3 is 51.4 Å². The standard InChI is InChI=1S/C18H38.2CH3NOS.CH4.K.H/c1-3-5-7-9-11-13-15-17-18-16-14-12-10-8-6-4-2;2*2-1(3)4;;;/h3-18H2,1-2H3;2*(H3,2,3,4);1H4;;. The number of nitrogens with two attached hydrogens (primary N) is 2. The van der Waals surface area contributed by atoms with E-state index >= 15 is 0 Å². The molecule has 0 aromatic rings. The van der Waals surface area contributed by atoms with Gasteiger partial charge in [0.2, 0.25) is 0 Å². The van der Waals surface area contributed by atoms with Crippen LogP contribution in [0, 0.1) is 0 Å². The summed E-state index contributed by atoms with van der Waals surface area (Å²) in [5, 5.41) is 14.1. The Morgan fingerprint density at radius 2 is 0.643 bits per heavy atom. The molecule has 4 nitrogen and oxygen atoms in total. The first kappa shape index (κ1) is 39.5. The van der Waals surface area contributed by atoms with E-state index in [1.54, 1.807) is 0 Å². The Bertz CT molecular complexity index is 262. The second-order valence-electron chi connectivity index (χ2n) is 6.63. The molecule has 7 heteroatoms. The van der Waals surface area contributed by atoms with Crippen LogP contribution in [0.3, 0.4) is 0 Å². The fourth-order valence-electron chi connectivity index (χ4n) is 2.62. The molecule has 0 aliphatic rings. The molecular formula is C21H49KN2O2S2. The maximum absolute atomic E-state index is 7.56. The predicted octanol–water partition coefficient (Wildman–Crippen LogP) is 6.83. The summed E-state index contributed by atoms with van der Waals surface area (Å²) in [5.74, 6) is 0. The third-order valence-corrected chi connectivity index (χ3v) is 3.96. The summed E-state index contributed by atoms with van der Waals surface area (Å²) in [6.45, 7) is 4.59. The van der Waals surface area contributed by atoms with E-state index in [4.69, 9.17) is 10.2 Å². The summed E-state index contributed by atoms with van der Waals surface area (Å²) in [7, 11) is 0. The van der Waals surface area contributed by atoms with Crippen LogP contribution in [0.5, 0.6) is 0 Å². The van der Waals surface area contributed by atoms with Crippen LogP contribution in [-0.2, 0) is 0 Å². The first-order valence-corrected chi connectivity index (χ1v) is 11.2. The summed E-state index contributed by atoms with van der Waals surface area (Å²) < 4.78 is 0. The van der Waals surface area contributed by atoms with Crippen molar-refractivity contribution in [2.24, 2.45) is 11.5 Å². The normalized spacial score (nSPS) is 8.79. The van der Waals surface area contributed by atoms with E-state index in [9.17, 15) is 0 Å². The van der Waals surface area contributed by atoms with Crippen LogP contribution in [0.25, 0.3) is 0 Å². The van der Waals surface area contributed by atoms with Crippen LogP contribution >= 0.6 is 24.4 Å². The number of rotatable bonds is 15. The van der Waals surface area contributed by atoms with E-state index in [0.29, 0.717) is 0 Å². The molecule has 0 fully saturated rings. The predicted molar refractivity (Wildman–Crippen MR) is 138 cm³/mol. The quantitative estimate of drug-likeness (QED) is 0.120. The van der Waals surface area contributed by atoms with Gasteiger partial charge in [-0.2, -0.15) is 0 Å². The second-order valence-corrected chi connectivity index (χ2v) is 7.46. The molecule has 168 valence electrons. The van der Waals surface area contributed by atoms with Gasteiger partial charge in [0, 0.05) is 0 Å². The molecular weight excluding hydrogens is 415 g/mol. The molecule has 0 bridgehead atoms. The van der Waals surface area contributed by atoms with Crippen molar-refractivity contribution in [3.63, 3.8) is 0 Å². The van der Waals surface area contributed by atoms with Crippen LogP contribution in [0.4, 0.5) is 0 Å². The molecule has 0 unspecified atom stereocenters. The summed E-state index contributed by atoms with van der Waals surface area (Å²) >= 11 is 7.74. The number of aliphatic hydroxyl groups is 2. The molecule has 0 rings (SSSR count). The van der Waals surface area contributed by atoms with E-state index in [0.717, 1.165) is 0 Å². The number of unbranched alkanes of at least 4 members (excludes halogenated alkanes) is 15. The minimum atomic E-state index is -0.500. The fraction of sp³-hybridized carbons (Fsp3) is 0.905. The van der Waals surface area contributed by atoms with E-state index in [-0.39, 0.29) is 58.8 Å². The molecule has 0 amide bonds. The monoisotopic (exact) mass is 464 g/mol. The van der Waals surface area contributed by atoms with E-state index < -0.39 is 10.3 Å². The number of aliphatic hydroxyl groups excluding tert-OH is 2. The van der Waals surface area contributed by atoms with Crippen LogP contribution in [0.2, 0.25) is 0 Å². The number of thiocarbonyl (C=S) groups is 2. The molecule has 28 heavy (non-hydrogen) atoms. The van der Waals surface area contributed by atoms with Crippen molar-refractivity contribution in [2.75, 3.05) is 0 Å². The minimum absolute atomic E-state index is 0. The zero-order valence-electron chi connectivity index (χ0n) is 17.2. The third-order valence-electron chi connectivity index (χ3n) is 3.96. The second kappa shape index (κ2) is 38.6. The number of hydrogen-bond donors (Lipinski definition) is 4.